The summed E-state index contributed by atoms with van der Waals surface area (Å²) >= 11 is 0. The van der Waals surface area contributed by atoms with Crippen LogP contribution in [0.25, 0.3) is 0 Å². The summed E-state index contributed by atoms with van der Waals surface area (Å²) < 4.78 is 0. The Bertz CT molecular complexity index is 508. The van der Waals surface area contributed by atoms with Crippen LogP contribution in [0.15, 0.2) is 6.20 Å². The minimum Gasteiger partial charge on any atom is -0.382 e. The van der Waals surface area contributed by atoms with Gasteiger partial charge in [-0.05, 0) is 25.4 Å². The van der Waals surface area contributed by atoms with Crippen LogP contribution in [0.3, 0.4) is 0 Å². The second kappa shape index (κ2) is 5.02. The molecule has 1 aromatic rings. The number of nitrogens with two attached hydrogens (primary N) is 1. The number of rotatable bonds is 3. The van der Waals surface area contributed by atoms with Crippen molar-refractivity contribution >= 4 is 11.8 Å². The van der Waals surface area contributed by atoms with Crippen molar-refractivity contribution in [3.63, 3.8) is 0 Å². The number of nitriles is 1. The first-order valence-corrected chi connectivity index (χ1v) is 6.36. The molecule has 2 rings (SSSR count). The fourth-order valence-electron chi connectivity index (χ4n) is 2.70. The maximum atomic E-state index is 8.82. The predicted molar refractivity (Wildman–Crippen MR) is 74.7 cm³/mol. The van der Waals surface area contributed by atoms with Crippen LogP contribution in [0.2, 0.25) is 0 Å². The van der Waals surface area contributed by atoms with E-state index in [1.54, 1.807) is 0 Å². The van der Waals surface area contributed by atoms with E-state index in [-0.39, 0.29) is 11.2 Å². The van der Waals surface area contributed by atoms with Crippen molar-refractivity contribution in [2.45, 2.75) is 13.3 Å². The Kier molecular flexibility index (Phi) is 3.58. The van der Waals surface area contributed by atoms with E-state index in [0.717, 1.165) is 19.6 Å². The first kappa shape index (κ1) is 13.6. The number of anilines is 2. The Balaban J connectivity index is 2.10. The molecule has 19 heavy (non-hydrogen) atoms. The van der Waals surface area contributed by atoms with Gasteiger partial charge in [-0.15, -0.1) is 0 Å². The summed E-state index contributed by atoms with van der Waals surface area (Å²) in [4.78, 5) is 12.7. The molecule has 0 aromatic carbocycles. The summed E-state index contributed by atoms with van der Waals surface area (Å²) in [6.45, 7) is 5.35. The minimum absolute atomic E-state index is 0.244. The maximum Gasteiger partial charge on any atom is 0.227 e. The largest absolute Gasteiger partial charge is 0.382 e. The van der Waals surface area contributed by atoms with Crippen LogP contribution in [0.5, 0.6) is 0 Å². The predicted octanol–water partition coefficient (Wildman–Crippen LogP) is 0.708. The Morgan fingerprint density at radius 2 is 2.37 bits per heavy atom. The molecule has 2 heterocycles. The molecule has 1 aromatic heterocycles. The lowest BCUT2D eigenvalue weighted by atomic mass is 9.89. The van der Waals surface area contributed by atoms with Crippen molar-refractivity contribution in [2.75, 3.05) is 44.4 Å². The Morgan fingerprint density at radius 1 is 1.63 bits per heavy atom. The van der Waals surface area contributed by atoms with Gasteiger partial charge in [-0.25, -0.2) is 4.98 Å². The molecule has 1 fully saturated rings. The van der Waals surface area contributed by atoms with Gasteiger partial charge in [0.05, 0.1) is 6.20 Å². The van der Waals surface area contributed by atoms with Gasteiger partial charge in [-0.3, -0.25) is 0 Å². The van der Waals surface area contributed by atoms with Gasteiger partial charge >= 0.3 is 0 Å². The third kappa shape index (κ3) is 2.93. The van der Waals surface area contributed by atoms with Gasteiger partial charge in [0.15, 0.2) is 0 Å². The smallest absolute Gasteiger partial charge is 0.227 e. The van der Waals surface area contributed by atoms with E-state index >= 15 is 0 Å². The van der Waals surface area contributed by atoms with Crippen molar-refractivity contribution in [3.05, 3.63) is 11.8 Å². The van der Waals surface area contributed by atoms with E-state index in [1.807, 2.05) is 18.0 Å². The lowest BCUT2D eigenvalue weighted by Crippen LogP contribution is -2.36. The summed E-state index contributed by atoms with van der Waals surface area (Å²) in [7, 11) is 4.10. The van der Waals surface area contributed by atoms with E-state index < -0.39 is 0 Å². The van der Waals surface area contributed by atoms with Crippen molar-refractivity contribution < 1.29 is 0 Å². The first-order chi connectivity index (χ1) is 8.93. The lowest BCUT2D eigenvalue weighted by molar-refractivity contribution is 0.314. The molecule has 0 bridgehead atoms. The fraction of sp³-hybridized carbons (Fsp3) is 0.615. The van der Waals surface area contributed by atoms with Gasteiger partial charge in [0, 0.05) is 20.1 Å². The van der Waals surface area contributed by atoms with Crippen molar-refractivity contribution in [1.82, 2.24) is 14.9 Å². The molecule has 1 aliphatic rings. The molecule has 1 aliphatic heterocycles. The standard InChI is InChI=1S/C13H20N6/c1-13(4-5-18(2)8-13)9-19(3)12-16-7-10(6-14)11(15)17-12/h7H,4-5,8-9H2,1-3H3,(H2,15,16,17). The van der Waals surface area contributed by atoms with Crippen LogP contribution in [-0.2, 0) is 0 Å². The van der Waals surface area contributed by atoms with Crippen LogP contribution in [0, 0.1) is 16.7 Å². The second-order valence-electron chi connectivity index (χ2n) is 5.74. The Labute approximate surface area is 113 Å². The average molecular weight is 260 g/mol. The van der Waals surface area contributed by atoms with E-state index in [2.05, 4.69) is 28.8 Å². The molecule has 6 nitrogen and oxygen atoms in total. The highest BCUT2D eigenvalue weighted by Gasteiger charge is 2.33. The van der Waals surface area contributed by atoms with Gasteiger partial charge in [-0.2, -0.15) is 10.2 Å². The number of nitrogens with zero attached hydrogens (tertiary/aromatic N) is 5. The molecule has 0 amide bonds. The van der Waals surface area contributed by atoms with Gasteiger partial charge in [0.2, 0.25) is 5.95 Å². The van der Waals surface area contributed by atoms with Crippen LogP contribution >= 0.6 is 0 Å². The molecule has 0 aliphatic carbocycles. The second-order valence-corrected chi connectivity index (χ2v) is 5.74. The summed E-state index contributed by atoms with van der Waals surface area (Å²) in [5.74, 6) is 0.820. The van der Waals surface area contributed by atoms with Crippen LogP contribution in [0.1, 0.15) is 18.9 Å². The quantitative estimate of drug-likeness (QED) is 0.862. The third-order valence-corrected chi connectivity index (χ3v) is 3.64. The van der Waals surface area contributed by atoms with Gasteiger partial charge < -0.3 is 15.5 Å². The number of hydrogen-bond donors (Lipinski definition) is 1. The first-order valence-electron chi connectivity index (χ1n) is 6.36. The number of aromatic nitrogens is 2. The fourth-order valence-corrected chi connectivity index (χ4v) is 2.70. The molecule has 0 radical (unpaired) electrons. The van der Waals surface area contributed by atoms with Crippen molar-refractivity contribution in [2.24, 2.45) is 5.41 Å². The van der Waals surface area contributed by atoms with Gasteiger partial charge in [0.1, 0.15) is 17.5 Å². The third-order valence-electron chi connectivity index (χ3n) is 3.64. The number of hydrogen-bond acceptors (Lipinski definition) is 6. The zero-order valence-corrected chi connectivity index (χ0v) is 11.7. The Hall–Kier alpha value is -1.87. The number of likely N-dealkylation sites (tertiary alicyclic amines) is 1. The zero-order valence-electron chi connectivity index (χ0n) is 11.7. The summed E-state index contributed by atoms with van der Waals surface area (Å²) in [5.41, 5.74) is 6.29. The van der Waals surface area contributed by atoms with E-state index in [1.165, 1.54) is 12.6 Å². The molecule has 1 saturated heterocycles. The summed E-state index contributed by atoms with van der Waals surface area (Å²) in [6.07, 6.45) is 2.65. The molecule has 6 heteroatoms. The lowest BCUT2D eigenvalue weighted by Gasteiger charge is -2.29. The zero-order chi connectivity index (χ0) is 14.0. The van der Waals surface area contributed by atoms with Crippen LogP contribution in [-0.4, -0.2) is 48.6 Å². The van der Waals surface area contributed by atoms with Crippen LogP contribution < -0.4 is 10.6 Å². The molecule has 102 valence electrons. The SMILES string of the molecule is CN1CCC(C)(CN(C)c2ncc(C#N)c(N)n2)C1. The number of nitrogen functional groups attached to an aromatic ring is 1. The van der Waals surface area contributed by atoms with Crippen molar-refractivity contribution in [3.8, 4) is 6.07 Å². The van der Waals surface area contributed by atoms with E-state index in [0.29, 0.717) is 11.5 Å². The molecule has 0 spiro atoms. The highest BCUT2D eigenvalue weighted by molar-refractivity contribution is 5.50. The highest BCUT2D eigenvalue weighted by atomic mass is 15.3. The van der Waals surface area contributed by atoms with E-state index in [9.17, 15) is 0 Å². The summed E-state index contributed by atoms with van der Waals surface area (Å²) in [6, 6.07) is 1.97. The topological polar surface area (TPSA) is 82.1 Å². The molecular weight excluding hydrogens is 240 g/mol. The van der Waals surface area contributed by atoms with E-state index in [4.69, 9.17) is 11.0 Å². The normalized spacial score (nSPS) is 23.3. The van der Waals surface area contributed by atoms with Crippen LogP contribution in [0.4, 0.5) is 11.8 Å². The average Bonchev–Trinajstić information content (AvgIpc) is 2.68. The molecular formula is C13H20N6. The molecule has 0 saturated carbocycles. The minimum atomic E-state index is 0.244. The Morgan fingerprint density at radius 3 is 2.89 bits per heavy atom. The molecule has 1 atom stereocenters. The van der Waals surface area contributed by atoms with Gasteiger partial charge in [-0.1, -0.05) is 6.92 Å². The highest BCUT2D eigenvalue weighted by Crippen LogP contribution is 2.30. The molecule has 1 unspecified atom stereocenters. The molecule has 2 N–H and O–H groups in total. The monoisotopic (exact) mass is 260 g/mol. The van der Waals surface area contributed by atoms with Gasteiger partial charge in [0.25, 0.3) is 0 Å². The van der Waals surface area contributed by atoms with Crippen molar-refractivity contribution in [1.29, 1.82) is 5.26 Å². The maximum absolute atomic E-state index is 8.82. The summed E-state index contributed by atoms with van der Waals surface area (Å²) in [5, 5.41) is 8.82.